The first-order chi connectivity index (χ1) is 23.8. The van der Waals surface area contributed by atoms with E-state index < -0.39 is 0 Å². The SMILES string of the molecule is c1ccc(-c2cc(-c3ccc4c5ccccc5c5ccccc5c5ccccc5c5ccccc5c4c3)nc(-c3ccncc3)n2)cc1. The Kier molecular flexibility index (Phi) is 6.80. The summed E-state index contributed by atoms with van der Waals surface area (Å²) in [5.41, 5.74) is 4.75. The van der Waals surface area contributed by atoms with Crippen LogP contribution in [0, 0.1) is 0 Å². The molecule has 7 aromatic carbocycles. The lowest BCUT2D eigenvalue weighted by Crippen LogP contribution is -1.96. The zero-order chi connectivity index (χ0) is 31.9. The van der Waals surface area contributed by atoms with Gasteiger partial charge in [0.25, 0.3) is 0 Å². The molecular weight excluding hydrogens is 583 g/mol. The summed E-state index contributed by atoms with van der Waals surface area (Å²) in [5, 5.41) is 12.0. The molecule has 3 heteroatoms. The van der Waals surface area contributed by atoms with Crippen molar-refractivity contribution in [3.8, 4) is 33.9 Å². The molecule has 0 unspecified atom stereocenters. The molecule has 0 spiro atoms. The standard InChI is InChI=1S/C45H29N3/c1-2-12-30(13-3-1)43-29-44(48-45(47-43)31-24-26-46-27-25-31)32-22-23-41-39-20-9-8-18-37(39)35-16-5-4-14-33(35)34-15-6-7-17-36(34)38-19-10-11-21-40(38)42(41)28-32/h1-29H. The van der Waals surface area contributed by atoms with Gasteiger partial charge in [-0.25, -0.2) is 9.97 Å². The van der Waals surface area contributed by atoms with E-state index in [1.54, 1.807) is 12.4 Å². The highest BCUT2D eigenvalue weighted by Crippen LogP contribution is 2.37. The van der Waals surface area contributed by atoms with Gasteiger partial charge in [0.2, 0.25) is 0 Å². The molecule has 0 aliphatic rings. The molecule has 0 radical (unpaired) electrons. The van der Waals surface area contributed by atoms with Crippen molar-refractivity contribution in [1.82, 2.24) is 15.0 Å². The predicted molar refractivity (Wildman–Crippen MR) is 201 cm³/mol. The maximum absolute atomic E-state index is 5.15. The minimum atomic E-state index is 0.671. The largest absolute Gasteiger partial charge is 0.265 e. The fourth-order valence-corrected chi connectivity index (χ4v) is 6.95. The molecule has 0 aliphatic carbocycles. The van der Waals surface area contributed by atoms with Crippen LogP contribution < -0.4 is 0 Å². The molecule has 0 saturated heterocycles. The first-order valence-electron chi connectivity index (χ1n) is 16.2. The molecule has 0 saturated carbocycles. The highest BCUT2D eigenvalue weighted by Gasteiger charge is 2.13. The molecule has 224 valence electrons. The van der Waals surface area contributed by atoms with Crippen LogP contribution in [0.15, 0.2) is 176 Å². The highest BCUT2D eigenvalue weighted by molar-refractivity contribution is 6.26. The Morgan fingerprint density at radius 1 is 0.271 bits per heavy atom. The van der Waals surface area contributed by atoms with E-state index in [0.29, 0.717) is 5.82 Å². The summed E-state index contributed by atoms with van der Waals surface area (Å²) >= 11 is 0. The summed E-state index contributed by atoms with van der Waals surface area (Å²) in [5.74, 6) is 0.671. The average Bonchev–Trinajstić information content (AvgIpc) is 3.18. The van der Waals surface area contributed by atoms with Crippen molar-refractivity contribution < 1.29 is 0 Å². The Hall–Kier alpha value is -6.45. The zero-order valence-corrected chi connectivity index (χ0v) is 26.1. The van der Waals surface area contributed by atoms with E-state index >= 15 is 0 Å². The van der Waals surface area contributed by atoms with Crippen LogP contribution in [0.2, 0.25) is 0 Å². The summed E-state index contributed by atoms with van der Waals surface area (Å²) in [4.78, 5) is 14.4. The first kappa shape index (κ1) is 27.8. The van der Waals surface area contributed by atoms with Crippen molar-refractivity contribution in [2.24, 2.45) is 0 Å². The molecule has 0 aliphatic heterocycles. The van der Waals surface area contributed by atoms with E-state index in [2.05, 4.69) is 138 Å². The second-order valence-electron chi connectivity index (χ2n) is 12.0. The van der Waals surface area contributed by atoms with E-state index in [1.807, 2.05) is 30.3 Å². The second kappa shape index (κ2) is 11.7. The number of pyridine rings is 1. The molecule has 0 fully saturated rings. The molecule has 3 nitrogen and oxygen atoms in total. The Morgan fingerprint density at radius 2 is 0.667 bits per heavy atom. The van der Waals surface area contributed by atoms with Crippen LogP contribution in [0.3, 0.4) is 0 Å². The molecule has 9 rings (SSSR count). The fraction of sp³-hybridized carbons (Fsp3) is 0. The number of rotatable bonds is 3. The third kappa shape index (κ3) is 4.81. The van der Waals surface area contributed by atoms with Crippen LogP contribution in [0.4, 0.5) is 0 Å². The Balaban J connectivity index is 1.45. The average molecular weight is 612 g/mol. The number of fused-ring (bicyclic) bond motifs is 10. The van der Waals surface area contributed by atoms with Crippen LogP contribution in [0.5, 0.6) is 0 Å². The van der Waals surface area contributed by atoms with Crippen LogP contribution in [-0.4, -0.2) is 15.0 Å². The van der Waals surface area contributed by atoms with E-state index in [4.69, 9.17) is 9.97 Å². The van der Waals surface area contributed by atoms with Crippen LogP contribution >= 0.6 is 0 Å². The summed E-state index contributed by atoms with van der Waals surface area (Å²) < 4.78 is 0. The van der Waals surface area contributed by atoms with Gasteiger partial charge in [-0.05, 0) is 78.1 Å². The second-order valence-corrected chi connectivity index (χ2v) is 12.0. The van der Waals surface area contributed by atoms with Gasteiger partial charge in [-0.1, -0.05) is 140 Å². The lowest BCUT2D eigenvalue weighted by Gasteiger charge is -2.12. The molecule has 9 aromatic rings. The molecule has 0 atom stereocenters. The van der Waals surface area contributed by atoms with Gasteiger partial charge in [-0.2, -0.15) is 0 Å². The topological polar surface area (TPSA) is 38.7 Å². The van der Waals surface area contributed by atoms with E-state index in [9.17, 15) is 0 Å². The smallest absolute Gasteiger partial charge is 0.160 e. The van der Waals surface area contributed by atoms with Crippen molar-refractivity contribution in [3.05, 3.63) is 176 Å². The van der Waals surface area contributed by atoms with Gasteiger partial charge in [-0.15, -0.1) is 0 Å². The number of benzene rings is 6. The summed E-state index contributed by atoms with van der Waals surface area (Å²) in [6, 6.07) is 58.3. The molecule has 2 heterocycles. The maximum atomic E-state index is 5.15. The third-order valence-electron chi connectivity index (χ3n) is 9.21. The summed E-state index contributed by atoms with van der Waals surface area (Å²) in [6.07, 6.45) is 3.57. The van der Waals surface area contributed by atoms with Crippen molar-refractivity contribution in [2.45, 2.75) is 0 Å². The molecule has 0 N–H and O–H groups in total. The normalized spacial score (nSPS) is 11.3. The number of hydrogen-bond acceptors (Lipinski definition) is 3. The quantitative estimate of drug-likeness (QED) is 0.199. The van der Waals surface area contributed by atoms with Crippen molar-refractivity contribution in [1.29, 1.82) is 0 Å². The van der Waals surface area contributed by atoms with Crippen LogP contribution in [0.25, 0.3) is 87.8 Å². The molecule has 0 bridgehead atoms. The summed E-state index contributed by atoms with van der Waals surface area (Å²) in [7, 11) is 0. The van der Waals surface area contributed by atoms with Crippen molar-refractivity contribution in [3.63, 3.8) is 0 Å². The van der Waals surface area contributed by atoms with Crippen molar-refractivity contribution in [2.75, 3.05) is 0 Å². The Labute approximate surface area is 278 Å². The van der Waals surface area contributed by atoms with Gasteiger partial charge in [0.05, 0.1) is 11.4 Å². The summed E-state index contributed by atoms with van der Waals surface area (Å²) in [6.45, 7) is 0. The molecular formula is C45H29N3. The number of hydrogen-bond donors (Lipinski definition) is 0. The Morgan fingerprint density at radius 3 is 1.15 bits per heavy atom. The van der Waals surface area contributed by atoms with Crippen LogP contribution in [-0.2, 0) is 0 Å². The van der Waals surface area contributed by atoms with Gasteiger partial charge in [0.15, 0.2) is 5.82 Å². The number of nitrogens with zero attached hydrogens (tertiary/aromatic N) is 3. The van der Waals surface area contributed by atoms with Gasteiger partial charge in [0, 0.05) is 29.1 Å². The van der Waals surface area contributed by atoms with Gasteiger partial charge >= 0.3 is 0 Å². The van der Waals surface area contributed by atoms with E-state index in [0.717, 1.165) is 33.5 Å². The lowest BCUT2D eigenvalue weighted by atomic mass is 9.93. The molecule has 48 heavy (non-hydrogen) atoms. The van der Waals surface area contributed by atoms with Gasteiger partial charge < -0.3 is 0 Å². The van der Waals surface area contributed by atoms with E-state index in [1.165, 1.54) is 48.5 Å². The highest BCUT2D eigenvalue weighted by atomic mass is 14.9. The third-order valence-corrected chi connectivity index (χ3v) is 9.21. The fourth-order valence-electron chi connectivity index (χ4n) is 6.95. The van der Waals surface area contributed by atoms with E-state index in [-0.39, 0.29) is 0 Å². The minimum Gasteiger partial charge on any atom is -0.265 e. The van der Waals surface area contributed by atoms with Crippen LogP contribution in [0.1, 0.15) is 0 Å². The van der Waals surface area contributed by atoms with Gasteiger partial charge in [-0.3, -0.25) is 4.98 Å². The predicted octanol–water partition coefficient (Wildman–Crippen LogP) is 11.8. The van der Waals surface area contributed by atoms with Crippen molar-refractivity contribution >= 4 is 53.9 Å². The number of aromatic nitrogens is 3. The minimum absolute atomic E-state index is 0.671. The zero-order valence-electron chi connectivity index (χ0n) is 26.1. The maximum Gasteiger partial charge on any atom is 0.160 e. The lowest BCUT2D eigenvalue weighted by molar-refractivity contribution is 1.18. The monoisotopic (exact) mass is 611 g/mol. The van der Waals surface area contributed by atoms with Gasteiger partial charge in [0.1, 0.15) is 0 Å². The first-order valence-corrected chi connectivity index (χ1v) is 16.2. The molecule has 0 amide bonds. The Bertz CT molecular complexity index is 2590. The molecule has 2 aromatic heterocycles.